The van der Waals surface area contributed by atoms with Gasteiger partial charge in [0, 0.05) is 17.2 Å². The molecule has 0 aliphatic rings. The molecule has 0 bridgehead atoms. The Labute approximate surface area is 170 Å². The van der Waals surface area contributed by atoms with Crippen LogP contribution < -0.4 is 0 Å². The summed E-state index contributed by atoms with van der Waals surface area (Å²) in [6.07, 6.45) is 0. The van der Waals surface area contributed by atoms with Gasteiger partial charge in [0.05, 0.1) is 20.5 Å². The molecule has 0 N–H and O–H groups in total. The van der Waals surface area contributed by atoms with E-state index in [0.29, 0.717) is 0 Å². The summed E-state index contributed by atoms with van der Waals surface area (Å²) in [6, 6.07) is 28.4. The Morgan fingerprint density at radius 2 is 1.29 bits per heavy atom. The molecule has 0 aliphatic carbocycles. The van der Waals surface area contributed by atoms with Crippen LogP contribution in [-0.4, -0.2) is 20.5 Å². The Morgan fingerprint density at radius 3 is 2.04 bits per heavy atom. The van der Waals surface area contributed by atoms with Crippen LogP contribution in [0, 0.1) is 35.1 Å². The summed E-state index contributed by atoms with van der Waals surface area (Å²) < 4.78 is 0. The standard InChI is InChI=1S/C26H16Si2/c27-7-5-17-9-20(6-8-28)26-16-24-14-22-12-19-4-2-1-3-18(19)11-21(22)13-23(24)15-25(26)10-17/h2-4,10-16H,27-28H3. The van der Waals surface area contributed by atoms with Crippen LogP contribution >= 0.6 is 0 Å². The van der Waals surface area contributed by atoms with Gasteiger partial charge in [-0.25, -0.2) is 0 Å². The van der Waals surface area contributed by atoms with E-state index in [2.05, 4.69) is 83.6 Å². The molecule has 0 unspecified atom stereocenters. The van der Waals surface area contributed by atoms with Gasteiger partial charge in [0.15, 0.2) is 0 Å². The summed E-state index contributed by atoms with van der Waals surface area (Å²) >= 11 is 0. The zero-order valence-electron chi connectivity index (χ0n) is 15.8. The third kappa shape index (κ3) is 2.81. The van der Waals surface area contributed by atoms with E-state index in [1.54, 1.807) is 0 Å². The molecule has 0 heterocycles. The quantitative estimate of drug-likeness (QED) is 0.218. The number of hydrogen-bond acceptors (Lipinski definition) is 0. The van der Waals surface area contributed by atoms with Crippen molar-refractivity contribution in [3.63, 3.8) is 0 Å². The van der Waals surface area contributed by atoms with E-state index < -0.39 is 0 Å². The van der Waals surface area contributed by atoms with Crippen LogP contribution in [0.1, 0.15) is 11.1 Å². The second kappa shape index (κ2) is 6.69. The van der Waals surface area contributed by atoms with Gasteiger partial charge >= 0.3 is 0 Å². The summed E-state index contributed by atoms with van der Waals surface area (Å²) in [5.74, 6) is 6.46. The van der Waals surface area contributed by atoms with E-state index in [1.165, 1.54) is 37.7 Å². The van der Waals surface area contributed by atoms with E-state index in [9.17, 15) is 0 Å². The molecule has 5 rings (SSSR count). The van der Waals surface area contributed by atoms with Crippen molar-refractivity contribution in [2.75, 3.05) is 0 Å². The molecule has 5 aromatic rings. The van der Waals surface area contributed by atoms with Gasteiger partial charge in [0.1, 0.15) is 0 Å². The minimum atomic E-state index is 0.852. The fourth-order valence-electron chi connectivity index (χ4n) is 3.85. The summed E-state index contributed by atoms with van der Waals surface area (Å²) in [5, 5.41) is 9.77. The predicted octanol–water partition coefficient (Wildman–Crippen LogP) is 3.25. The Bertz CT molecular complexity index is 1540. The van der Waals surface area contributed by atoms with Gasteiger partial charge in [0.25, 0.3) is 0 Å². The molecule has 0 aliphatic heterocycles. The van der Waals surface area contributed by atoms with Gasteiger partial charge in [0.2, 0.25) is 0 Å². The normalized spacial score (nSPS) is 10.9. The minimum Gasteiger partial charge on any atom is -0.138 e. The Hall–Kier alpha value is -3.31. The number of hydrogen-bond donors (Lipinski definition) is 0. The van der Waals surface area contributed by atoms with Crippen molar-refractivity contribution in [3.05, 3.63) is 83.9 Å². The fourth-order valence-corrected chi connectivity index (χ4v) is 4.37. The maximum absolute atomic E-state index is 3.41. The molecule has 0 nitrogen and oxygen atoms in total. The van der Waals surface area contributed by atoms with Crippen LogP contribution in [0.4, 0.5) is 0 Å². The number of benzene rings is 5. The molecule has 128 valence electrons. The lowest BCUT2D eigenvalue weighted by molar-refractivity contribution is 1.66. The van der Waals surface area contributed by atoms with Crippen molar-refractivity contribution in [1.82, 2.24) is 0 Å². The van der Waals surface area contributed by atoms with E-state index >= 15 is 0 Å². The topological polar surface area (TPSA) is 0 Å². The predicted molar refractivity (Wildman–Crippen MR) is 128 cm³/mol. The molecule has 2 radical (unpaired) electrons. The van der Waals surface area contributed by atoms with Crippen LogP contribution in [0.3, 0.4) is 0 Å². The zero-order valence-corrected chi connectivity index (χ0v) is 19.8. The first-order valence-electron chi connectivity index (χ1n) is 9.28. The molecule has 5 aromatic carbocycles. The molecule has 0 saturated carbocycles. The van der Waals surface area contributed by atoms with Crippen molar-refractivity contribution in [2.24, 2.45) is 0 Å². The third-order valence-corrected chi connectivity index (χ3v) is 5.60. The van der Waals surface area contributed by atoms with Gasteiger partial charge in [-0.05, 0) is 97.7 Å². The Morgan fingerprint density at radius 1 is 0.643 bits per heavy atom. The number of fused-ring (bicyclic) bond motifs is 4. The van der Waals surface area contributed by atoms with Crippen molar-refractivity contribution in [3.8, 4) is 22.9 Å². The summed E-state index contributed by atoms with van der Waals surface area (Å²) in [4.78, 5) is 0. The lowest BCUT2D eigenvalue weighted by atomic mass is 9.95. The SMILES string of the molecule is [SiH3]C#Cc1[c]c(C#C[SiH3])c2cc3cc4cc5cc[c]cc5cc4cc3cc2c1. The molecule has 0 saturated heterocycles. The first kappa shape index (κ1) is 16.8. The van der Waals surface area contributed by atoms with Crippen LogP contribution in [0.5, 0.6) is 0 Å². The van der Waals surface area contributed by atoms with Crippen molar-refractivity contribution in [1.29, 1.82) is 0 Å². The first-order valence-corrected chi connectivity index (χ1v) is 11.3. The lowest BCUT2D eigenvalue weighted by Gasteiger charge is -2.09. The van der Waals surface area contributed by atoms with Gasteiger partial charge < -0.3 is 0 Å². The van der Waals surface area contributed by atoms with Crippen LogP contribution in [0.25, 0.3) is 43.1 Å². The maximum Gasteiger partial charge on any atom is 0.0911 e. The molecular formula is C26H16Si2. The average Bonchev–Trinajstić information content (AvgIpc) is 2.70. The second-order valence-corrected chi connectivity index (χ2v) is 7.92. The second-order valence-electron chi connectivity index (χ2n) is 6.92. The summed E-state index contributed by atoms with van der Waals surface area (Å²) in [5.41, 5.74) is 8.16. The lowest BCUT2D eigenvalue weighted by Crippen LogP contribution is -1.87. The smallest absolute Gasteiger partial charge is 0.0911 e. The highest BCUT2D eigenvalue weighted by Gasteiger charge is 2.07. The molecular weight excluding hydrogens is 368 g/mol. The Kier molecular flexibility index (Phi) is 4.03. The largest absolute Gasteiger partial charge is 0.138 e. The van der Waals surface area contributed by atoms with Gasteiger partial charge in [-0.3, -0.25) is 0 Å². The highest BCUT2D eigenvalue weighted by Crippen LogP contribution is 2.31. The van der Waals surface area contributed by atoms with Crippen molar-refractivity contribution in [2.45, 2.75) is 0 Å². The molecule has 0 fully saturated rings. The summed E-state index contributed by atoms with van der Waals surface area (Å²) in [7, 11) is 1.71. The van der Waals surface area contributed by atoms with Crippen LogP contribution in [0.2, 0.25) is 0 Å². The van der Waals surface area contributed by atoms with E-state index in [-0.39, 0.29) is 0 Å². The van der Waals surface area contributed by atoms with Crippen molar-refractivity contribution < 1.29 is 0 Å². The van der Waals surface area contributed by atoms with Gasteiger partial charge in [-0.2, -0.15) is 0 Å². The van der Waals surface area contributed by atoms with Crippen LogP contribution in [-0.2, 0) is 0 Å². The molecule has 0 spiro atoms. The average molecular weight is 385 g/mol. The zero-order chi connectivity index (χ0) is 19.1. The fraction of sp³-hybridized carbons (Fsp3) is 0. The van der Waals surface area contributed by atoms with E-state index in [4.69, 9.17) is 0 Å². The highest BCUT2D eigenvalue weighted by atomic mass is 28.1. The summed E-state index contributed by atoms with van der Waals surface area (Å²) in [6.45, 7) is 0. The Balaban J connectivity index is 1.87. The monoisotopic (exact) mass is 384 g/mol. The highest BCUT2D eigenvalue weighted by molar-refractivity contribution is 6.23. The molecule has 2 heteroatoms. The molecule has 28 heavy (non-hydrogen) atoms. The van der Waals surface area contributed by atoms with E-state index in [1.807, 2.05) is 12.1 Å². The third-order valence-electron chi connectivity index (χ3n) is 5.10. The maximum atomic E-state index is 3.41. The number of rotatable bonds is 0. The van der Waals surface area contributed by atoms with Gasteiger partial charge in [-0.15, -0.1) is 11.1 Å². The first-order chi connectivity index (χ1) is 13.7. The minimum absolute atomic E-state index is 0.852. The molecule has 0 atom stereocenters. The molecule has 0 amide bonds. The van der Waals surface area contributed by atoms with Crippen molar-refractivity contribution >= 4 is 63.6 Å². The van der Waals surface area contributed by atoms with E-state index in [0.717, 1.165) is 37.0 Å². The van der Waals surface area contributed by atoms with Gasteiger partial charge in [-0.1, -0.05) is 24.0 Å². The molecule has 0 aromatic heterocycles. The van der Waals surface area contributed by atoms with Crippen LogP contribution in [0.15, 0.2) is 60.7 Å².